The highest BCUT2D eigenvalue weighted by Crippen LogP contribution is 2.25. The highest BCUT2D eigenvalue weighted by molar-refractivity contribution is 6.29. The SMILES string of the molecule is [2H]C([2H])([2H])c1cccc(C(=O)Nc2cc(Cl)nnc2C(=O)NC)c1OC. The van der Waals surface area contributed by atoms with Crippen molar-refractivity contribution in [2.75, 3.05) is 19.5 Å². The molecule has 1 heterocycles. The van der Waals surface area contributed by atoms with Crippen LogP contribution in [0.4, 0.5) is 5.69 Å². The molecule has 0 aliphatic rings. The Balaban J connectivity index is 2.47. The molecule has 8 heteroatoms. The van der Waals surface area contributed by atoms with Gasteiger partial charge in [0.1, 0.15) is 5.75 Å². The van der Waals surface area contributed by atoms with Crippen LogP contribution in [0.2, 0.25) is 5.15 Å². The molecule has 7 nitrogen and oxygen atoms in total. The van der Waals surface area contributed by atoms with E-state index in [-0.39, 0.29) is 33.4 Å². The van der Waals surface area contributed by atoms with Gasteiger partial charge in [0.05, 0.1) is 18.4 Å². The Morgan fingerprint density at radius 1 is 1.30 bits per heavy atom. The molecule has 2 amide bonds. The molecule has 0 spiro atoms. The Kier molecular flexibility index (Phi) is 3.94. The minimum Gasteiger partial charge on any atom is -0.496 e. The summed E-state index contributed by atoms with van der Waals surface area (Å²) in [6.45, 7) is -2.46. The number of anilines is 1. The van der Waals surface area contributed by atoms with E-state index < -0.39 is 18.7 Å². The van der Waals surface area contributed by atoms with Gasteiger partial charge in [-0.3, -0.25) is 9.59 Å². The first kappa shape index (κ1) is 12.8. The fraction of sp³-hybridized carbons (Fsp3) is 0.200. The van der Waals surface area contributed by atoms with Crippen LogP contribution in [0.3, 0.4) is 0 Å². The second-order valence-corrected chi connectivity index (χ2v) is 4.74. The van der Waals surface area contributed by atoms with Gasteiger partial charge in [0.15, 0.2) is 10.8 Å². The number of benzene rings is 1. The lowest BCUT2D eigenvalue weighted by molar-refractivity contribution is 0.0958. The van der Waals surface area contributed by atoms with E-state index in [4.69, 9.17) is 20.5 Å². The molecule has 2 rings (SSSR count). The molecule has 2 N–H and O–H groups in total. The number of carbonyl (C=O) groups excluding carboxylic acids is 2. The monoisotopic (exact) mass is 337 g/mol. The quantitative estimate of drug-likeness (QED) is 0.890. The average Bonchev–Trinajstić information content (AvgIpc) is 2.59. The van der Waals surface area contributed by atoms with Crippen molar-refractivity contribution < 1.29 is 18.4 Å². The number of amides is 2. The van der Waals surface area contributed by atoms with Gasteiger partial charge < -0.3 is 15.4 Å². The minimum absolute atomic E-state index is 0.0167. The van der Waals surface area contributed by atoms with Crippen LogP contribution in [-0.4, -0.2) is 36.2 Å². The molecule has 0 aliphatic heterocycles. The van der Waals surface area contributed by atoms with E-state index >= 15 is 0 Å². The number of halogens is 1. The zero-order chi connectivity index (χ0) is 19.5. The number of para-hydroxylation sites is 1. The number of hydrogen-bond donors (Lipinski definition) is 2. The van der Waals surface area contributed by atoms with Crippen LogP contribution < -0.4 is 15.4 Å². The molecular weight excluding hydrogens is 320 g/mol. The summed E-state index contributed by atoms with van der Waals surface area (Å²) in [4.78, 5) is 24.5. The molecule has 0 atom stereocenters. The number of aromatic nitrogens is 2. The van der Waals surface area contributed by atoms with Crippen molar-refractivity contribution in [3.63, 3.8) is 0 Å². The maximum Gasteiger partial charge on any atom is 0.273 e. The number of hydrogen-bond acceptors (Lipinski definition) is 5. The van der Waals surface area contributed by atoms with Crippen LogP contribution in [0.5, 0.6) is 5.75 Å². The van der Waals surface area contributed by atoms with Crippen LogP contribution in [0.1, 0.15) is 30.5 Å². The van der Waals surface area contributed by atoms with Crippen molar-refractivity contribution in [1.29, 1.82) is 0 Å². The molecule has 0 aliphatic carbocycles. The van der Waals surface area contributed by atoms with Crippen molar-refractivity contribution in [2.45, 2.75) is 6.85 Å². The van der Waals surface area contributed by atoms with Crippen molar-refractivity contribution in [3.8, 4) is 5.75 Å². The van der Waals surface area contributed by atoms with E-state index in [0.29, 0.717) is 0 Å². The Morgan fingerprint density at radius 2 is 2.09 bits per heavy atom. The highest BCUT2D eigenvalue weighted by atomic mass is 35.5. The normalized spacial score (nSPS) is 12.6. The highest BCUT2D eigenvalue weighted by Gasteiger charge is 2.19. The fourth-order valence-corrected chi connectivity index (χ4v) is 2.02. The second-order valence-electron chi connectivity index (χ2n) is 4.35. The number of ether oxygens (including phenoxy) is 1. The van der Waals surface area contributed by atoms with Crippen LogP contribution in [0.25, 0.3) is 0 Å². The van der Waals surface area contributed by atoms with Gasteiger partial charge in [-0.15, -0.1) is 10.2 Å². The number of carbonyl (C=O) groups is 2. The molecule has 0 unspecified atom stereocenters. The van der Waals surface area contributed by atoms with Crippen LogP contribution in [0.15, 0.2) is 24.3 Å². The summed E-state index contributed by atoms with van der Waals surface area (Å²) in [5, 5.41) is 12.1. The zero-order valence-corrected chi connectivity index (χ0v) is 13.1. The fourth-order valence-electron chi connectivity index (χ4n) is 1.87. The Bertz CT molecular complexity index is 859. The lowest BCUT2D eigenvalue weighted by Crippen LogP contribution is -2.23. The largest absolute Gasteiger partial charge is 0.496 e. The maximum absolute atomic E-state index is 12.6. The Hall–Kier alpha value is -2.67. The third kappa shape index (κ3) is 3.57. The van der Waals surface area contributed by atoms with E-state index in [1.165, 1.54) is 38.4 Å². The molecule has 0 fully saturated rings. The molecule has 1 aromatic heterocycles. The first-order chi connectivity index (χ1) is 12.2. The maximum atomic E-state index is 12.6. The van der Waals surface area contributed by atoms with Gasteiger partial charge in [-0.05, 0) is 18.5 Å². The summed E-state index contributed by atoms with van der Waals surface area (Å²) in [5.74, 6) is -1.35. The first-order valence-electron chi connectivity index (χ1n) is 7.93. The summed E-state index contributed by atoms with van der Waals surface area (Å²) in [6.07, 6.45) is 0. The average molecular weight is 338 g/mol. The second kappa shape index (κ2) is 7.06. The standard InChI is InChI=1S/C15H15ClN4O3/c1-8-5-4-6-9(13(8)23-3)14(21)18-10-7-11(16)19-20-12(10)15(22)17-2/h4-7H,1-3H3,(H,17,22)(H,18,19,21)/i1D3. The van der Waals surface area contributed by atoms with Gasteiger partial charge in [-0.1, -0.05) is 23.7 Å². The Labute approximate surface area is 142 Å². The van der Waals surface area contributed by atoms with E-state index in [1.807, 2.05) is 0 Å². The van der Waals surface area contributed by atoms with E-state index in [9.17, 15) is 9.59 Å². The molecule has 0 radical (unpaired) electrons. The van der Waals surface area contributed by atoms with Crippen LogP contribution in [0, 0.1) is 6.85 Å². The number of aryl methyl sites for hydroxylation is 1. The summed E-state index contributed by atoms with van der Waals surface area (Å²) in [7, 11) is 2.66. The van der Waals surface area contributed by atoms with Crippen LogP contribution in [-0.2, 0) is 0 Å². The number of rotatable bonds is 4. The van der Waals surface area contributed by atoms with E-state index in [2.05, 4.69) is 20.8 Å². The zero-order valence-electron chi connectivity index (χ0n) is 15.3. The summed E-state index contributed by atoms with van der Waals surface area (Å²) < 4.78 is 27.8. The summed E-state index contributed by atoms with van der Waals surface area (Å²) in [6, 6.07) is 5.44. The lowest BCUT2D eigenvalue weighted by atomic mass is 10.1. The molecule has 0 saturated carbocycles. The predicted molar refractivity (Wildman–Crippen MR) is 86.1 cm³/mol. The topological polar surface area (TPSA) is 93.2 Å². The van der Waals surface area contributed by atoms with Gasteiger partial charge in [0.25, 0.3) is 11.8 Å². The van der Waals surface area contributed by atoms with Gasteiger partial charge in [-0.2, -0.15) is 0 Å². The van der Waals surface area contributed by atoms with Gasteiger partial charge in [0.2, 0.25) is 0 Å². The first-order valence-corrected chi connectivity index (χ1v) is 6.81. The van der Waals surface area contributed by atoms with E-state index in [0.717, 1.165) is 0 Å². The molecular formula is C15H15ClN4O3. The van der Waals surface area contributed by atoms with Gasteiger partial charge >= 0.3 is 0 Å². The van der Waals surface area contributed by atoms with Crippen LogP contribution >= 0.6 is 11.6 Å². The van der Waals surface area contributed by atoms with Gasteiger partial charge in [-0.25, -0.2) is 0 Å². The summed E-state index contributed by atoms with van der Waals surface area (Å²) in [5.41, 5.74) is -0.242. The van der Waals surface area contributed by atoms with Gasteiger partial charge in [0, 0.05) is 17.2 Å². The smallest absolute Gasteiger partial charge is 0.273 e. The minimum atomic E-state index is -2.46. The molecule has 1 aromatic carbocycles. The summed E-state index contributed by atoms with van der Waals surface area (Å²) >= 11 is 5.78. The molecule has 2 aromatic rings. The third-order valence-corrected chi connectivity index (χ3v) is 3.10. The number of nitrogens with zero attached hydrogens (tertiary/aromatic N) is 2. The molecule has 120 valence electrons. The number of nitrogens with one attached hydrogen (secondary N) is 2. The molecule has 23 heavy (non-hydrogen) atoms. The Morgan fingerprint density at radius 3 is 2.74 bits per heavy atom. The molecule has 0 bridgehead atoms. The van der Waals surface area contributed by atoms with Crippen molar-refractivity contribution in [2.24, 2.45) is 0 Å². The number of methoxy groups -OCH3 is 1. The molecule has 0 saturated heterocycles. The van der Waals surface area contributed by atoms with E-state index in [1.54, 1.807) is 0 Å². The van der Waals surface area contributed by atoms with Crippen molar-refractivity contribution in [3.05, 3.63) is 46.2 Å². The third-order valence-electron chi connectivity index (χ3n) is 2.92. The predicted octanol–water partition coefficient (Wildman–Crippen LogP) is 2.06. The lowest BCUT2D eigenvalue weighted by Gasteiger charge is -2.13. The van der Waals surface area contributed by atoms with Crippen molar-refractivity contribution in [1.82, 2.24) is 15.5 Å². The van der Waals surface area contributed by atoms with Crippen molar-refractivity contribution >= 4 is 29.1 Å².